The standard InChI is InChI=1S/C17H19F3N6O3/c18-17(19,20)12-11-14(29-24-12)23-16(28)22-6-4-15(27)26-9-7-25(8-10-26)13-3-1-2-5-21-13/h1-3,5,11H,4,6-10H2,(H2,22,23,28). The summed E-state index contributed by atoms with van der Waals surface area (Å²) in [6, 6.07) is 5.43. The van der Waals surface area contributed by atoms with Gasteiger partial charge in [0.25, 0.3) is 0 Å². The lowest BCUT2D eigenvalue weighted by molar-refractivity contribution is -0.142. The van der Waals surface area contributed by atoms with Crippen LogP contribution in [0.4, 0.5) is 29.7 Å². The predicted octanol–water partition coefficient (Wildman–Crippen LogP) is 1.95. The third-order valence-electron chi connectivity index (χ3n) is 4.27. The maximum Gasteiger partial charge on any atom is 0.436 e. The first-order valence-electron chi connectivity index (χ1n) is 8.85. The number of nitrogens with one attached hydrogen (secondary N) is 2. The summed E-state index contributed by atoms with van der Waals surface area (Å²) in [5, 5.41) is 7.32. The van der Waals surface area contributed by atoms with Gasteiger partial charge in [-0.15, -0.1) is 0 Å². The number of amides is 3. The van der Waals surface area contributed by atoms with Crippen LogP contribution in [0.5, 0.6) is 0 Å². The van der Waals surface area contributed by atoms with E-state index in [1.54, 1.807) is 11.1 Å². The minimum Gasteiger partial charge on any atom is -0.353 e. The molecule has 2 N–H and O–H groups in total. The van der Waals surface area contributed by atoms with Crippen molar-refractivity contribution in [2.45, 2.75) is 12.6 Å². The van der Waals surface area contributed by atoms with Gasteiger partial charge in [0.1, 0.15) is 5.82 Å². The van der Waals surface area contributed by atoms with E-state index in [0.29, 0.717) is 32.2 Å². The second-order valence-corrected chi connectivity index (χ2v) is 6.26. The van der Waals surface area contributed by atoms with Crippen LogP contribution in [-0.2, 0) is 11.0 Å². The molecule has 0 bridgehead atoms. The van der Waals surface area contributed by atoms with E-state index >= 15 is 0 Å². The molecule has 2 aromatic heterocycles. The molecule has 0 saturated carbocycles. The number of pyridine rings is 1. The Morgan fingerprint density at radius 3 is 2.55 bits per heavy atom. The van der Waals surface area contributed by atoms with Crippen molar-refractivity contribution in [1.82, 2.24) is 20.4 Å². The molecule has 3 rings (SSSR count). The van der Waals surface area contributed by atoms with Crippen molar-refractivity contribution in [3.63, 3.8) is 0 Å². The van der Waals surface area contributed by atoms with E-state index in [1.807, 2.05) is 18.2 Å². The van der Waals surface area contributed by atoms with Crippen LogP contribution in [0.15, 0.2) is 35.0 Å². The number of piperazine rings is 1. The van der Waals surface area contributed by atoms with Gasteiger partial charge in [-0.05, 0) is 12.1 Å². The van der Waals surface area contributed by atoms with Crippen LogP contribution in [0.3, 0.4) is 0 Å². The minimum absolute atomic E-state index is 0.0331. The molecule has 156 valence electrons. The lowest BCUT2D eigenvalue weighted by Crippen LogP contribution is -2.49. The molecule has 1 fully saturated rings. The molecule has 3 amide bonds. The molecular weight excluding hydrogens is 393 g/mol. The SMILES string of the molecule is O=C(NCCC(=O)N1CCN(c2ccccn2)CC1)Nc1cc(C(F)(F)F)no1. The molecule has 0 aliphatic carbocycles. The zero-order valence-electron chi connectivity index (χ0n) is 15.3. The Balaban J connectivity index is 1.37. The quantitative estimate of drug-likeness (QED) is 0.778. The Morgan fingerprint density at radius 2 is 1.93 bits per heavy atom. The summed E-state index contributed by atoms with van der Waals surface area (Å²) in [5.74, 6) is 0.302. The van der Waals surface area contributed by atoms with E-state index in [1.165, 1.54) is 0 Å². The molecule has 0 spiro atoms. The van der Waals surface area contributed by atoms with Crippen molar-refractivity contribution in [3.8, 4) is 0 Å². The van der Waals surface area contributed by atoms with E-state index in [4.69, 9.17) is 0 Å². The Kier molecular flexibility index (Phi) is 6.20. The number of halogens is 3. The topological polar surface area (TPSA) is 104 Å². The summed E-state index contributed by atoms with van der Waals surface area (Å²) in [4.78, 5) is 32.0. The van der Waals surface area contributed by atoms with Crippen LogP contribution in [0, 0.1) is 0 Å². The highest BCUT2D eigenvalue weighted by Crippen LogP contribution is 2.29. The summed E-state index contributed by atoms with van der Waals surface area (Å²) in [7, 11) is 0. The van der Waals surface area contributed by atoms with Crippen molar-refractivity contribution >= 4 is 23.6 Å². The third-order valence-corrected chi connectivity index (χ3v) is 4.27. The molecule has 0 aromatic carbocycles. The Bertz CT molecular complexity index is 834. The van der Waals surface area contributed by atoms with Gasteiger partial charge in [0.2, 0.25) is 11.8 Å². The lowest BCUT2D eigenvalue weighted by Gasteiger charge is -2.35. The van der Waals surface area contributed by atoms with E-state index in [9.17, 15) is 22.8 Å². The number of urea groups is 1. The molecule has 9 nitrogen and oxygen atoms in total. The highest BCUT2D eigenvalue weighted by Gasteiger charge is 2.35. The van der Waals surface area contributed by atoms with Gasteiger partial charge in [-0.1, -0.05) is 11.2 Å². The highest BCUT2D eigenvalue weighted by atomic mass is 19.4. The maximum absolute atomic E-state index is 12.4. The van der Waals surface area contributed by atoms with E-state index in [0.717, 1.165) is 5.82 Å². The fourth-order valence-electron chi connectivity index (χ4n) is 2.79. The molecule has 0 radical (unpaired) electrons. The number of rotatable bonds is 5. The third kappa shape index (κ3) is 5.59. The molecule has 29 heavy (non-hydrogen) atoms. The molecule has 2 aromatic rings. The fourth-order valence-corrected chi connectivity index (χ4v) is 2.79. The number of carbonyl (C=O) groups excluding carboxylic acids is 2. The van der Waals surface area contributed by atoms with Crippen molar-refractivity contribution in [1.29, 1.82) is 0 Å². The van der Waals surface area contributed by atoms with Crippen LogP contribution >= 0.6 is 0 Å². The van der Waals surface area contributed by atoms with E-state index in [-0.39, 0.29) is 18.9 Å². The summed E-state index contributed by atoms with van der Waals surface area (Å²) >= 11 is 0. The maximum atomic E-state index is 12.4. The van der Waals surface area contributed by atoms with Gasteiger partial charge in [0.05, 0.1) is 0 Å². The Morgan fingerprint density at radius 1 is 1.17 bits per heavy atom. The average molecular weight is 412 g/mol. The predicted molar refractivity (Wildman–Crippen MR) is 96.2 cm³/mol. The summed E-state index contributed by atoms with van der Waals surface area (Å²) < 4.78 is 41.7. The molecule has 0 atom stereocenters. The van der Waals surface area contributed by atoms with Crippen LogP contribution < -0.4 is 15.5 Å². The number of carbonyl (C=O) groups is 2. The van der Waals surface area contributed by atoms with Gasteiger partial charge in [0.15, 0.2) is 5.69 Å². The van der Waals surface area contributed by atoms with Crippen molar-refractivity contribution < 1.29 is 27.3 Å². The molecule has 12 heteroatoms. The largest absolute Gasteiger partial charge is 0.436 e. The van der Waals surface area contributed by atoms with Gasteiger partial charge in [0, 0.05) is 51.4 Å². The van der Waals surface area contributed by atoms with Crippen LogP contribution in [0.2, 0.25) is 0 Å². The highest BCUT2D eigenvalue weighted by molar-refractivity contribution is 5.88. The number of hydrogen-bond acceptors (Lipinski definition) is 6. The molecular formula is C17H19F3N6O3. The first-order valence-corrected chi connectivity index (χ1v) is 8.85. The Hall–Kier alpha value is -3.31. The second kappa shape index (κ2) is 8.80. The Labute approximate surface area is 163 Å². The summed E-state index contributed by atoms with van der Waals surface area (Å²) in [5.41, 5.74) is -1.24. The number of anilines is 2. The van der Waals surface area contributed by atoms with Gasteiger partial charge in [-0.2, -0.15) is 13.2 Å². The van der Waals surface area contributed by atoms with Gasteiger partial charge in [-0.3, -0.25) is 10.1 Å². The van der Waals surface area contributed by atoms with Crippen LogP contribution in [0.25, 0.3) is 0 Å². The molecule has 0 unspecified atom stereocenters. The smallest absolute Gasteiger partial charge is 0.353 e. The van der Waals surface area contributed by atoms with Crippen LogP contribution in [0.1, 0.15) is 12.1 Å². The molecule has 1 saturated heterocycles. The number of aromatic nitrogens is 2. The normalized spacial score (nSPS) is 14.6. The number of nitrogens with zero attached hydrogens (tertiary/aromatic N) is 4. The number of alkyl halides is 3. The van der Waals surface area contributed by atoms with E-state index < -0.39 is 23.8 Å². The van der Waals surface area contributed by atoms with Gasteiger partial charge >= 0.3 is 12.2 Å². The first kappa shape index (κ1) is 20.4. The second-order valence-electron chi connectivity index (χ2n) is 6.26. The van der Waals surface area contributed by atoms with Gasteiger partial charge in [-0.25, -0.2) is 9.78 Å². The number of hydrogen-bond donors (Lipinski definition) is 2. The van der Waals surface area contributed by atoms with Crippen molar-refractivity contribution in [3.05, 3.63) is 36.2 Å². The summed E-state index contributed by atoms with van der Waals surface area (Å²) in [6.45, 7) is 2.43. The van der Waals surface area contributed by atoms with Crippen LogP contribution in [-0.4, -0.2) is 59.7 Å². The zero-order chi connectivity index (χ0) is 20.9. The average Bonchev–Trinajstić information content (AvgIpc) is 3.17. The molecule has 1 aliphatic rings. The zero-order valence-corrected chi connectivity index (χ0v) is 15.3. The first-order chi connectivity index (χ1) is 13.8. The van der Waals surface area contributed by atoms with Crippen molar-refractivity contribution in [2.24, 2.45) is 0 Å². The molecule has 3 heterocycles. The lowest BCUT2D eigenvalue weighted by atomic mass is 10.2. The van der Waals surface area contributed by atoms with E-state index in [2.05, 4.69) is 30.2 Å². The molecule has 1 aliphatic heterocycles. The van der Waals surface area contributed by atoms with Gasteiger partial charge < -0.3 is 19.6 Å². The van der Waals surface area contributed by atoms with Crippen molar-refractivity contribution in [2.75, 3.05) is 42.9 Å². The minimum atomic E-state index is -4.66. The monoisotopic (exact) mass is 412 g/mol. The summed E-state index contributed by atoms with van der Waals surface area (Å²) in [6.07, 6.45) is -2.87. The fraction of sp³-hybridized carbons (Fsp3) is 0.412.